The molecule has 0 saturated carbocycles. The molecule has 0 saturated heterocycles. The van der Waals surface area contributed by atoms with Crippen molar-refractivity contribution in [2.24, 2.45) is 11.3 Å². The van der Waals surface area contributed by atoms with Crippen LogP contribution in [0.2, 0.25) is 0 Å². The van der Waals surface area contributed by atoms with Gasteiger partial charge in [0.15, 0.2) is 0 Å². The molecule has 0 heterocycles. The maximum atomic E-state index is 13.6. The van der Waals surface area contributed by atoms with Crippen LogP contribution in [0.5, 0.6) is 0 Å². The Kier molecular flexibility index (Phi) is 7.95. The largest absolute Gasteiger partial charge is 0.463 e. The number of hydrogen-bond donors (Lipinski definition) is 1. The third-order valence-electron chi connectivity index (χ3n) is 3.03. The van der Waals surface area contributed by atoms with Crippen LogP contribution in [-0.2, 0) is 20.5 Å². The summed E-state index contributed by atoms with van der Waals surface area (Å²) in [6.45, 7) is 13.1. The van der Waals surface area contributed by atoms with E-state index < -0.39 is 51.4 Å². The first kappa shape index (κ1) is 23.4. The number of hydrogen-bond acceptors (Lipinski definition) is 3. The number of ether oxygens (including phenoxy) is 1. The predicted octanol–water partition coefficient (Wildman–Crippen LogP) is 3.97. The van der Waals surface area contributed by atoms with Crippen molar-refractivity contribution >= 4 is 17.0 Å². The van der Waals surface area contributed by atoms with Gasteiger partial charge in [0, 0.05) is 0 Å². The number of nitrogens with one attached hydrogen (secondary N) is 1. The molecule has 0 amide bonds. The van der Waals surface area contributed by atoms with Crippen LogP contribution in [-0.4, -0.2) is 33.2 Å². The highest BCUT2D eigenvalue weighted by atomic mass is 32.2. The minimum Gasteiger partial charge on any atom is -0.463 e. The molecule has 8 heteroatoms. The molecule has 3 atom stereocenters. The molecule has 0 bridgehead atoms. The third kappa shape index (κ3) is 8.46. The normalized spacial score (nSPS) is 17.5. The number of rotatable bonds is 6. The molecule has 144 valence electrons. The van der Waals surface area contributed by atoms with Gasteiger partial charge in [-0.3, -0.25) is 4.79 Å². The lowest BCUT2D eigenvalue weighted by Gasteiger charge is -2.34. The Labute approximate surface area is 145 Å². The van der Waals surface area contributed by atoms with Gasteiger partial charge in [0.1, 0.15) is 6.04 Å². The second kappa shape index (κ2) is 8.17. The summed E-state index contributed by atoms with van der Waals surface area (Å²) in [6.07, 6.45) is -5.30. The Hall–Kier alpha value is -0.630. The summed E-state index contributed by atoms with van der Waals surface area (Å²) in [5.41, 5.74) is -0.533. The van der Waals surface area contributed by atoms with Crippen molar-refractivity contribution < 1.29 is 26.9 Å². The van der Waals surface area contributed by atoms with Crippen molar-refractivity contribution in [1.29, 1.82) is 0 Å². The van der Waals surface area contributed by atoms with E-state index in [9.17, 15) is 22.2 Å². The minimum absolute atomic E-state index is 0.0446. The van der Waals surface area contributed by atoms with Crippen molar-refractivity contribution in [3.63, 3.8) is 0 Å². The van der Waals surface area contributed by atoms with Crippen LogP contribution < -0.4 is 4.72 Å². The SMILES string of the molecule is CC(C)OC(=O)[C@H](CC(C)(C)C)[C@@H](N[S@](=O)C(C)(C)C)C(F)(F)F. The van der Waals surface area contributed by atoms with Gasteiger partial charge in [-0.05, 0) is 46.5 Å². The fraction of sp³-hybridized carbons (Fsp3) is 0.938. The van der Waals surface area contributed by atoms with Gasteiger partial charge in [-0.25, -0.2) is 8.93 Å². The molecule has 24 heavy (non-hydrogen) atoms. The maximum Gasteiger partial charge on any atom is 0.405 e. The summed E-state index contributed by atoms with van der Waals surface area (Å²) in [5, 5.41) is 0. The lowest BCUT2D eigenvalue weighted by molar-refractivity contribution is -0.183. The second-order valence-corrected chi connectivity index (χ2v) is 10.4. The van der Waals surface area contributed by atoms with Crippen molar-refractivity contribution in [2.75, 3.05) is 0 Å². The zero-order valence-corrected chi connectivity index (χ0v) is 16.5. The topological polar surface area (TPSA) is 55.4 Å². The highest BCUT2D eigenvalue weighted by molar-refractivity contribution is 7.84. The van der Waals surface area contributed by atoms with Gasteiger partial charge in [0.2, 0.25) is 0 Å². The Bertz CT molecular complexity index is 451. The van der Waals surface area contributed by atoms with E-state index in [0.717, 1.165) is 0 Å². The van der Waals surface area contributed by atoms with Crippen LogP contribution in [0.1, 0.15) is 61.8 Å². The fourth-order valence-electron chi connectivity index (χ4n) is 1.99. The van der Waals surface area contributed by atoms with Crippen molar-refractivity contribution in [1.82, 2.24) is 4.72 Å². The first-order valence-corrected chi connectivity index (χ1v) is 9.05. The lowest BCUT2D eigenvalue weighted by Crippen LogP contribution is -2.54. The first-order chi connectivity index (χ1) is 10.4. The lowest BCUT2D eigenvalue weighted by atomic mass is 9.81. The quantitative estimate of drug-likeness (QED) is 0.717. The Morgan fingerprint density at radius 1 is 1.08 bits per heavy atom. The van der Waals surface area contributed by atoms with Crippen molar-refractivity contribution in [3.05, 3.63) is 0 Å². The molecule has 0 aliphatic carbocycles. The maximum absolute atomic E-state index is 13.6. The highest BCUT2D eigenvalue weighted by Gasteiger charge is 2.50. The monoisotopic (exact) mass is 373 g/mol. The first-order valence-electron chi connectivity index (χ1n) is 7.90. The summed E-state index contributed by atoms with van der Waals surface area (Å²) in [7, 11) is -1.97. The summed E-state index contributed by atoms with van der Waals surface area (Å²) in [4.78, 5) is 12.3. The zero-order chi connectivity index (χ0) is 19.5. The van der Waals surface area contributed by atoms with Crippen LogP contribution in [0.25, 0.3) is 0 Å². The number of alkyl halides is 3. The van der Waals surface area contributed by atoms with Crippen LogP contribution in [0.4, 0.5) is 13.2 Å². The molecule has 0 spiro atoms. The molecule has 0 aliphatic rings. The van der Waals surface area contributed by atoms with Gasteiger partial charge in [0.05, 0.1) is 27.8 Å². The smallest absolute Gasteiger partial charge is 0.405 e. The minimum atomic E-state index is -4.73. The molecule has 0 fully saturated rings. The van der Waals surface area contributed by atoms with Crippen LogP contribution in [0.15, 0.2) is 0 Å². The average molecular weight is 373 g/mol. The summed E-state index contributed by atoms with van der Waals surface area (Å²) in [6, 6.07) is -2.23. The standard InChI is InChI=1S/C16H30F3NO3S/c1-10(2)23-13(21)11(9-14(3,4)5)12(16(17,18)19)20-24(22)15(6,7)8/h10-12,20H,9H2,1-8H3/t11-,12-,24-/m1/s1. The van der Waals surface area contributed by atoms with Gasteiger partial charge in [0.25, 0.3) is 0 Å². The molecule has 1 N–H and O–H groups in total. The molecule has 0 aromatic rings. The number of carbonyl (C=O) groups is 1. The van der Waals surface area contributed by atoms with Crippen LogP contribution in [0.3, 0.4) is 0 Å². The van der Waals surface area contributed by atoms with E-state index in [0.29, 0.717) is 0 Å². The van der Waals surface area contributed by atoms with Crippen molar-refractivity contribution in [3.8, 4) is 0 Å². The summed E-state index contributed by atoms with van der Waals surface area (Å²) in [5.74, 6) is -2.40. The molecular weight excluding hydrogens is 343 g/mol. The van der Waals surface area contributed by atoms with Crippen LogP contribution >= 0.6 is 0 Å². The van der Waals surface area contributed by atoms with Crippen LogP contribution in [0, 0.1) is 11.3 Å². The number of carbonyl (C=O) groups excluding carboxylic acids is 1. The Morgan fingerprint density at radius 2 is 1.54 bits per heavy atom. The number of esters is 1. The third-order valence-corrected chi connectivity index (χ3v) is 4.61. The van der Waals surface area contributed by atoms with E-state index in [2.05, 4.69) is 4.72 Å². The van der Waals surface area contributed by atoms with Gasteiger partial charge in [-0.15, -0.1) is 0 Å². The second-order valence-electron chi connectivity index (χ2n) is 8.38. The zero-order valence-electron chi connectivity index (χ0n) is 15.7. The van der Waals surface area contributed by atoms with Gasteiger partial charge < -0.3 is 4.74 Å². The molecular formula is C16H30F3NO3S. The van der Waals surface area contributed by atoms with E-state index in [1.165, 1.54) is 0 Å². The summed E-state index contributed by atoms with van der Waals surface area (Å²) < 4.78 is 59.2. The van der Waals surface area contributed by atoms with Gasteiger partial charge in [-0.2, -0.15) is 13.2 Å². The Balaban J connectivity index is 5.73. The van der Waals surface area contributed by atoms with E-state index >= 15 is 0 Å². The molecule has 0 radical (unpaired) electrons. The molecule has 0 rings (SSSR count). The van der Waals surface area contributed by atoms with Gasteiger partial charge >= 0.3 is 12.1 Å². The highest BCUT2D eigenvalue weighted by Crippen LogP contribution is 2.35. The van der Waals surface area contributed by atoms with E-state index in [4.69, 9.17) is 4.74 Å². The van der Waals surface area contributed by atoms with E-state index in [1.807, 2.05) is 0 Å². The molecule has 0 aromatic carbocycles. The van der Waals surface area contributed by atoms with Gasteiger partial charge in [-0.1, -0.05) is 20.8 Å². The van der Waals surface area contributed by atoms with Crippen molar-refractivity contribution in [2.45, 2.75) is 84.9 Å². The Morgan fingerprint density at radius 3 is 1.83 bits per heavy atom. The number of halogens is 3. The predicted molar refractivity (Wildman–Crippen MR) is 89.7 cm³/mol. The average Bonchev–Trinajstić information content (AvgIpc) is 2.28. The fourth-order valence-corrected chi connectivity index (χ4v) is 2.87. The molecule has 0 aromatic heterocycles. The van der Waals surface area contributed by atoms with E-state index in [-0.39, 0.29) is 6.42 Å². The molecule has 0 aliphatic heterocycles. The van der Waals surface area contributed by atoms with E-state index in [1.54, 1.807) is 55.4 Å². The summed E-state index contributed by atoms with van der Waals surface area (Å²) >= 11 is 0. The molecule has 4 nitrogen and oxygen atoms in total. The molecule has 0 unspecified atom stereocenters.